The van der Waals surface area contributed by atoms with Crippen molar-refractivity contribution in [3.05, 3.63) is 23.8 Å². The fourth-order valence-corrected chi connectivity index (χ4v) is 5.62. The molecule has 1 N–H and O–H groups in total. The average Bonchev–Trinajstić information content (AvgIpc) is 2.71. The summed E-state index contributed by atoms with van der Waals surface area (Å²) in [4.78, 5) is 23.6. The summed E-state index contributed by atoms with van der Waals surface area (Å²) >= 11 is 0. The Morgan fingerprint density at radius 3 is 2.40 bits per heavy atom. The first-order chi connectivity index (χ1) is 14.2. The Labute approximate surface area is 179 Å². The van der Waals surface area contributed by atoms with Gasteiger partial charge < -0.3 is 14.8 Å². The van der Waals surface area contributed by atoms with Gasteiger partial charge in [0.1, 0.15) is 10.6 Å². The van der Waals surface area contributed by atoms with Gasteiger partial charge in [-0.2, -0.15) is 4.31 Å². The lowest BCUT2D eigenvalue weighted by molar-refractivity contribution is -0.140. The number of methoxy groups -OCH3 is 2. The van der Waals surface area contributed by atoms with Crippen LogP contribution in [0.4, 0.5) is 0 Å². The second kappa shape index (κ2) is 10.8. The minimum Gasteiger partial charge on any atom is -0.495 e. The minimum absolute atomic E-state index is 0.00430. The zero-order valence-electron chi connectivity index (χ0n) is 18.1. The van der Waals surface area contributed by atoms with Crippen molar-refractivity contribution in [3.63, 3.8) is 0 Å². The van der Waals surface area contributed by atoms with E-state index in [1.807, 2.05) is 13.8 Å². The smallest absolute Gasteiger partial charge is 0.305 e. The molecular weight excluding hydrogens is 408 g/mol. The van der Waals surface area contributed by atoms with Crippen molar-refractivity contribution >= 4 is 21.9 Å². The molecule has 1 heterocycles. The lowest BCUT2D eigenvalue weighted by Crippen LogP contribution is -2.42. The summed E-state index contributed by atoms with van der Waals surface area (Å²) in [5, 5.41) is 2.76. The van der Waals surface area contributed by atoms with Gasteiger partial charge in [-0.3, -0.25) is 9.59 Å². The second-order valence-electron chi connectivity index (χ2n) is 7.92. The molecule has 2 unspecified atom stereocenters. The van der Waals surface area contributed by atoms with Crippen LogP contribution in [0.1, 0.15) is 49.9 Å². The van der Waals surface area contributed by atoms with Crippen molar-refractivity contribution in [2.24, 2.45) is 11.8 Å². The Kier molecular flexibility index (Phi) is 8.66. The molecule has 1 amide bonds. The number of rotatable bonds is 9. The zero-order chi connectivity index (χ0) is 22.3. The number of unbranched alkanes of at least 4 members (excludes halogenated alkanes) is 1. The largest absolute Gasteiger partial charge is 0.495 e. The molecule has 1 aromatic carbocycles. The number of hydrogen-bond donors (Lipinski definition) is 1. The molecular formula is C21H32N2O6S. The third kappa shape index (κ3) is 6.18. The summed E-state index contributed by atoms with van der Waals surface area (Å²) in [6, 6.07) is 4.43. The molecule has 1 aliphatic heterocycles. The summed E-state index contributed by atoms with van der Waals surface area (Å²) in [6.07, 6.45) is 2.50. The average molecular weight is 441 g/mol. The molecule has 9 heteroatoms. The molecule has 1 aromatic rings. The van der Waals surface area contributed by atoms with E-state index in [2.05, 4.69) is 10.1 Å². The molecule has 30 heavy (non-hydrogen) atoms. The van der Waals surface area contributed by atoms with Crippen LogP contribution in [0.3, 0.4) is 0 Å². The fraction of sp³-hybridized carbons (Fsp3) is 0.619. The summed E-state index contributed by atoms with van der Waals surface area (Å²) in [5.41, 5.74) is 0.250. The summed E-state index contributed by atoms with van der Waals surface area (Å²) in [5.74, 6) is 0.104. The summed E-state index contributed by atoms with van der Waals surface area (Å²) in [7, 11) is -1.04. The van der Waals surface area contributed by atoms with E-state index in [-0.39, 0.29) is 39.9 Å². The van der Waals surface area contributed by atoms with Gasteiger partial charge in [0.2, 0.25) is 10.0 Å². The van der Waals surface area contributed by atoms with Crippen molar-refractivity contribution in [2.45, 2.75) is 44.4 Å². The fourth-order valence-electron chi connectivity index (χ4n) is 3.76. The van der Waals surface area contributed by atoms with Gasteiger partial charge in [-0.25, -0.2) is 8.42 Å². The van der Waals surface area contributed by atoms with Gasteiger partial charge in [-0.1, -0.05) is 13.8 Å². The van der Waals surface area contributed by atoms with Crippen LogP contribution in [-0.4, -0.2) is 58.5 Å². The van der Waals surface area contributed by atoms with Gasteiger partial charge in [0.15, 0.2) is 0 Å². The third-order valence-electron chi connectivity index (χ3n) is 5.20. The van der Waals surface area contributed by atoms with Crippen molar-refractivity contribution in [2.75, 3.05) is 33.9 Å². The van der Waals surface area contributed by atoms with E-state index >= 15 is 0 Å². The van der Waals surface area contributed by atoms with Gasteiger partial charge in [-0.05, 0) is 49.3 Å². The Morgan fingerprint density at radius 2 is 1.80 bits per heavy atom. The first kappa shape index (κ1) is 24.1. The van der Waals surface area contributed by atoms with Crippen LogP contribution >= 0.6 is 0 Å². The number of piperidine rings is 1. The maximum absolute atomic E-state index is 13.3. The molecule has 0 bridgehead atoms. The highest BCUT2D eigenvalue weighted by molar-refractivity contribution is 7.89. The van der Waals surface area contributed by atoms with Crippen molar-refractivity contribution in [3.8, 4) is 5.75 Å². The van der Waals surface area contributed by atoms with E-state index in [0.717, 1.165) is 6.42 Å². The topological polar surface area (TPSA) is 102 Å². The van der Waals surface area contributed by atoms with E-state index in [0.29, 0.717) is 38.9 Å². The van der Waals surface area contributed by atoms with Crippen LogP contribution in [0.15, 0.2) is 23.1 Å². The predicted octanol–water partition coefficient (Wildman–Crippen LogP) is 2.43. The number of nitrogens with zero attached hydrogens (tertiary/aromatic N) is 1. The molecule has 1 aliphatic rings. The first-order valence-electron chi connectivity index (χ1n) is 10.2. The second-order valence-corrected chi connectivity index (χ2v) is 9.83. The van der Waals surface area contributed by atoms with Crippen molar-refractivity contribution < 1.29 is 27.5 Å². The third-order valence-corrected chi connectivity index (χ3v) is 7.05. The monoisotopic (exact) mass is 440 g/mol. The molecule has 0 spiro atoms. The lowest BCUT2D eigenvalue weighted by Gasteiger charge is -2.34. The van der Waals surface area contributed by atoms with E-state index in [1.54, 1.807) is 6.07 Å². The van der Waals surface area contributed by atoms with Gasteiger partial charge in [0, 0.05) is 31.6 Å². The molecule has 0 saturated carbocycles. The highest BCUT2D eigenvalue weighted by atomic mass is 32.2. The van der Waals surface area contributed by atoms with Gasteiger partial charge >= 0.3 is 5.97 Å². The number of sulfonamides is 1. The van der Waals surface area contributed by atoms with Gasteiger partial charge in [0.25, 0.3) is 5.91 Å². The molecule has 8 nitrogen and oxygen atoms in total. The molecule has 0 aliphatic carbocycles. The number of benzene rings is 1. The van der Waals surface area contributed by atoms with E-state index in [9.17, 15) is 18.0 Å². The number of nitrogens with one attached hydrogen (secondary N) is 1. The number of amides is 1. The molecule has 1 saturated heterocycles. The minimum atomic E-state index is -3.79. The lowest BCUT2D eigenvalue weighted by atomic mass is 9.94. The van der Waals surface area contributed by atoms with E-state index < -0.39 is 10.0 Å². The Balaban J connectivity index is 2.12. The van der Waals surface area contributed by atoms with Crippen LogP contribution in [0.2, 0.25) is 0 Å². The highest BCUT2D eigenvalue weighted by Crippen LogP contribution is 2.32. The van der Waals surface area contributed by atoms with Gasteiger partial charge in [0.05, 0.1) is 14.2 Å². The van der Waals surface area contributed by atoms with E-state index in [1.165, 1.54) is 30.7 Å². The van der Waals surface area contributed by atoms with Gasteiger partial charge in [-0.15, -0.1) is 0 Å². The first-order valence-corrected chi connectivity index (χ1v) is 11.7. The molecule has 0 aromatic heterocycles. The maximum atomic E-state index is 13.3. The van der Waals surface area contributed by atoms with Crippen LogP contribution in [0.25, 0.3) is 0 Å². The zero-order valence-corrected chi connectivity index (χ0v) is 19.0. The van der Waals surface area contributed by atoms with Crippen LogP contribution in [0.5, 0.6) is 5.75 Å². The predicted molar refractivity (Wildman–Crippen MR) is 113 cm³/mol. The highest BCUT2D eigenvalue weighted by Gasteiger charge is 2.34. The molecule has 168 valence electrons. The number of carbonyl (C=O) groups is 2. The number of carbonyl (C=O) groups excluding carboxylic acids is 2. The Bertz CT molecular complexity index is 845. The van der Waals surface area contributed by atoms with Crippen LogP contribution in [0, 0.1) is 11.8 Å². The van der Waals surface area contributed by atoms with E-state index in [4.69, 9.17) is 4.74 Å². The number of esters is 1. The quantitative estimate of drug-likeness (QED) is 0.467. The molecule has 1 fully saturated rings. The maximum Gasteiger partial charge on any atom is 0.305 e. The summed E-state index contributed by atoms with van der Waals surface area (Å²) < 4.78 is 37.9. The Morgan fingerprint density at radius 1 is 1.13 bits per heavy atom. The van der Waals surface area contributed by atoms with Crippen LogP contribution in [-0.2, 0) is 19.6 Å². The molecule has 0 radical (unpaired) electrons. The number of hydrogen-bond acceptors (Lipinski definition) is 6. The van der Waals surface area contributed by atoms with Crippen molar-refractivity contribution in [1.82, 2.24) is 9.62 Å². The SMILES string of the molecule is COC(=O)CCCCNC(=O)c1ccc(OC)c(S(=O)(=O)N2CC(C)CC(C)C2)c1. The normalized spacial score (nSPS) is 19.9. The Hall–Kier alpha value is -2.13. The molecule has 2 atom stereocenters. The summed E-state index contributed by atoms with van der Waals surface area (Å²) in [6.45, 7) is 5.36. The van der Waals surface area contributed by atoms with Crippen LogP contribution < -0.4 is 10.1 Å². The number of ether oxygens (including phenoxy) is 2. The molecule has 2 rings (SSSR count). The van der Waals surface area contributed by atoms with Crippen molar-refractivity contribution in [1.29, 1.82) is 0 Å². The standard InChI is InChI=1S/C21H32N2O6S/c1-15-11-16(2)14-23(13-15)30(26,27)19-12-17(8-9-18(19)28-3)21(25)22-10-6-5-7-20(24)29-4/h8-9,12,15-16H,5-7,10-11,13-14H2,1-4H3,(H,22,25).